The van der Waals surface area contributed by atoms with Crippen LogP contribution in [-0.4, -0.2) is 329 Å². The zero-order valence-corrected chi connectivity index (χ0v) is 42.8. The van der Waals surface area contributed by atoms with Gasteiger partial charge in [-0.3, -0.25) is 19.2 Å². The Labute approximate surface area is 448 Å². The van der Waals surface area contributed by atoms with Crippen molar-refractivity contribution in [2.24, 2.45) is 0 Å². The van der Waals surface area contributed by atoms with Gasteiger partial charge in [0.05, 0.1) is 39.6 Å². The molecule has 0 aliphatic carbocycles. The van der Waals surface area contributed by atoms with Crippen LogP contribution in [0.5, 0.6) is 0 Å². The molecule has 0 aromatic carbocycles. The number of aliphatic hydroxyl groups is 16. The number of hydrogen-bond donors (Lipinski definition) is 20. The largest absolute Gasteiger partial charge is 0.394 e. The molecule has 6 aliphatic rings. The zero-order valence-electron chi connectivity index (χ0n) is 42.8. The number of hydrogen-bond acceptors (Lipinski definition) is 31. The van der Waals surface area contributed by atoms with Gasteiger partial charge in [0.1, 0.15) is 146 Å². The molecule has 0 radical (unpaired) electrons. The molecular weight excluding hydrogens is 1080 g/mol. The van der Waals surface area contributed by atoms with Gasteiger partial charge in [0, 0.05) is 27.7 Å². The highest BCUT2D eigenvalue weighted by Gasteiger charge is 2.57. The van der Waals surface area contributed by atoms with Crippen molar-refractivity contribution in [1.82, 2.24) is 21.3 Å². The van der Waals surface area contributed by atoms with E-state index in [1.807, 2.05) is 0 Å². The summed E-state index contributed by atoms with van der Waals surface area (Å²) < 4.78 is 63.7. The van der Waals surface area contributed by atoms with Gasteiger partial charge in [-0.2, -0.15) is 0 Å². The monoisotopic (exact) mass is 1150 g/mol. The molecule has 6 fully saturated rings. The van der Waals surface area contributed by atoms with Gasteiger partial charge in [-0.05, 0) is 0 Å². The summed E-state index contributed by atoms with van der Waals surface area (Å²) in [6.45, 7) is -1.23. The first-order chi connectivity index (χ1) is 37.3. The van der Waals surface area contributed by atoms with Crippen LogP contribution >= 0.6 is 0 Å². The van der Waals surface area contributed by atoms with Crippen LogP contribution in [0.1, 0.15) is 27.7 Å². The van der Waals surface area contributed by atoms with E-state index in [0.717, 1.165) is 27.7 Å². The third-order valence-electron chi connectivity index (χ3n) is 14.0. The lowest BCUT2D eigenvalue weighted by atomic mass is 9.94. The van der Waals surface area contributed by atoms with Crippen molar-refractivity contribution in [2.45, 2.75) is 212 Å². The fourth-order valence-corrected chi connectivity index (χ4v) is 9.92. The van der Waals surface area contributed by atoms with Gasteiger partial charge in [0.2, 0.25) is 23.6 Å². The first-order valence-electron chi connectivity index (χ1n) is 25.1. The summed E-state index contributed by atoms with van der Waals surface area (Å²) in [5.41, 5.74) is 0. The highest BCUT2D eigenvalue weighted by atomic mass is 16.8. The summed E-state index contributed by atoms with van der Waals surface area (Å²) in [7, 11) is 0. The molecule has 6 saturated heterocycles. The molecule has 6 aliphatic heterocycles. The highest BCUT2D eigenvalue weighted by molar-refractivity contribution is 5.74. The molecule has 30 atom stereocenters. The minimum atomic E-state index is -2.28. The third-order valence-corrected chi connectivity index (χ3v) is 14.0. The van der Waals surface area contributed by atoms with Gasteiger partial charge in [-0.15, -0.1) is 0 Å². The van der Waals surface area contributed by atoms with Gasteiger partial charge >= 0.3 is 0 Å². The summed E-state index contributed by atoms with van der Waals surface area (Å²) in [6.07, 6.45) is -48.5. The lowest BCUT2D eigenvalue weighted by Gasteiger charge is -2.50. The lowest BCUT2D eigenvalue weighted by molar-refractivity contribution is -0.372. The Bertz CT molecular complexity index is 1990. The van der Waals surface area contributed by atoms with Crippen LogP contribution in [0.15, 0.2) is 0 Å². The van der Waals surface area contributed by atoms with Gasteiger partial charge in [-0.1, -0.05) is 0 Å². The predicted octanol–water partition coefficient (Wildman–Crippen LogP) is -13.5. The molecule has 79 heavy (non-hydrogen) atoms. The Morgan fingerprint density at radius 1 is 0.329 bits per heavy atom. The maximum Gasteiger partial charge on any atom is 0.217 e. The van der Waals surface area contributed by atoms with Crippen molar-refractivity contribution in [3.8, 4) is 0 Å². The number of ether oxygens (including phenoxy) is 11. The Kier molecular flexibility index (Phi) is 23.3. The predicted molar refractivity (Wildman–Crippen MR) is 246 cm³/mol. The van der Waals surface area contributed by atoms with E-state index in [1.165, 1.54) is 0 Å². The van der Waals surface area contributed by atoms with Crippen LogP contribution in [0.3, 0.4) is 0 Å². The van der Waals surface area contributed by atoms with E-state index in [2.05, 4.69) is 21.3 Å². The van der Waals surface area contributed by atoms with E-state index < -0.39 is 247 Å². The first kappa shape index (κ1) is 65.0. The van der Waals surface area contributed by atoms with Crippen LogP contribution in [-0.2, 0) is 71.3 Å². The summed E-state index contributed by atoms with van der Waals surface area (Å²) in [5, 5.41) is 182. The van der Waals surface area contributed by atoms with E-state index in [9.17, 15) is 101 Å². The van der Waals surface area contributed by atoms with E-state index in [4.69, 9.17) is 52.1 Å². The van der Waals surface area contributed by atoms with Crippen molar-refractivity contribution in [3.05, 3.63) is 0 Å². The van der Waals surface area contributed by atoms with Crippen LogP contribution in [0, 0.1) is 0 Å². The smallest absolute Gasteiger partial charge is 0.217 e. The van der Waals surface area contributed by atoms with Crippen molar-refractivity contribution < 1.29 is 153 Å². The zero-order chi connectivity index (χ0) is 58.5. The first-order valence-corrected chi connectivity index (χ1v) is 25.1. The van der Waals surface area contributed by atoms with Crippen molar-refractivity contribution >= 4 is 23.6 Å². The van der Waals surface area contributed by atoms with Gasteiger partial charge in [0.25, 0.3) is 0 Å². The standard InChI is InChI=1S/C44H74N4O31/c1-11(53)45-21-30(62)25(57)15(5-49)72-40(21)70-10-20-29(61)38(79-42-22(46-12(2)54)31(63)26(58)16(6-50)73-42)35(67)44(76-20)78-37-24(48-14(4)56)39(68)71-19(28(37)60)9-69-41-23(47-13(3)55)32(64)36(18(8-52)75-41)77-43-34(66)33(65)27(59)17(7-51)74-43/h15-44,49-52,57-68H,5-10H2,1-4H3,(H,45,53)(H,46,54)(H,47,55)(H,48,56)/t15-,16-,17-,18-,19-,20-,21-,22-,23-,24-,25-,26-,27+,28+,29+,30-,31-,32-,33+,34-,35-,36-,37-,38+,39+,40-,41-,42+,43+,44+/m1/s1. The molecule has 6 heterocycles. The Morgan fingerprint density at radius 2 is 0.671 bits per heavy atom. The third kappa shape index (κ3) is 15.0. The maximum absolute atomic E-state index is 12.6. The number of amides is 4. The second-order valence-electron chi connectivity index (χ2n) is 19.8. The van der Waals surface area contributed by atoms with E-state index in [1.54, 1.807) is 0 Å². The molecule has 0 bridgehead atoms. The van der Waals surface area contributed by atoms with E-state index in [0.29, 0.717) is 0 Å². The minimum Gasteiger partial charge on any atom is -0.394 e. The summed E-state index contributed by atoms with van der Waals surface area (Å²) in [6, 6.07) is -6.62. The second-order valence-corrected chi connectivity index (χ2v) is 19.8. The van der Waals surface area contributed by atoms with Gasteiger partial charge < -0.3 is 155 Å². The number of aliphatic hydroxyl groups excluding tert-OH is 16. The molecule has 0 unspecified atom stereocenters. The topological polar surface area (TPSA) is 542 Å². The molecule has 6 rings (SSSR count). The fourth-order valence-electron chi connectivity index (χ4n) is 9.92. The van der Waals surface area contributed by atoms with Crippen molar-refractivity contribution in [1.29, 1.82) is 0 Å². The minimum absolute atomic E-state index is 0.738. The van der Waals surface area contributed by atoms with Crippen LogP contribution in [0.4, 0.5) is 0 Å². The molecule has 0 spiro atoms. The molecule has 0 aromatic heterocycles. The van der Waals surface area contributed by atoms with E-state index in [-0.39, 0.29) is 0 Å². The molecule has 20 N–H and O–H groups in total. The second kappa shape index (κ2) is 28.4. The Balaban J connectivity index is 1.28. The number of nitrogens with one attached hydrogen (secondary N) is 4. The Hall–Kier alpha value is -3.20. The van der Waals surface area contributed by atoms with Crippen molar-refractivity contribution in [2.75, 3.05) is 39.6 Å². The summed E-state index contributed by atoms with van der Waals surface area (Å²) in [5.74, 6) is -3.17. The summed E-state index contributed by atoms with van der Waals surface area (Å²) >= 11 is 0. The maximum atomic E-state index is 12.6. The normalized spacial score (nSPS) is 46.7. The van der Waals surface area contributed by atoms with Crippen LogP contribution in [0.25, 0.3) is 0 Å². The lowest BCUT2D eigenvalue weighted by Crippen LogP contribution is -2.70. The molecular formula is C44H74N4O31. The highest BCUT2D eigenvalue weighted by Crippen LogP contribution is 2.35. The number of rotatable bonds is 20. The SMILES string of the molecule is CC(=O)N[C@@H]1[C@@H](O[C@@H]2O[C@H](CO[C@@H]3O[C@H](CO)[C@@H](O)[C@H](O)[C@H]3NC(C)=O)[C@H](O)[C@H](O[C@@H]3O[C@H](CO)[C@@H](O)[C@H](O)[C@H]3NC(C)=O)[C@H]2O)[C@@H](O)[C@@H](CO[C@@H]2O[C@H](CO)[C@@H](O[C@@H]3O[C@H](CO)[C@H](O)[C@H](O)[C@H]3O)[C@H](O)[C@H]2NC(C)=O)O[C@@H]1O. The average molecular weight is 1160 g/mol. The van der Waals surface area contributed by atoms with Gasteiger partial charge in [-0.25, -0.2) is 0 Å². The molecule has 0 saturated carbocycles. The van der Waals surface area contributed by atoms with Crippen molar-refractivity contribution in [3.63, 3.8) is 0 Å². The summed E-state index contributed by atoms with van der Waals surface area (Å²) in [4.78, 5) is 49.5. The number of carbonyl (C=O) groups excluding carboxylic acids is 4. The van der Waals surface area contributed by atoms with Crippen LogP contribution < -0.4 is 21.3 Å². The number of carbonyl (C=O) groups is 4. The quantitative estimate of drug-likeness (QED) is 0.0538. The molecule has 0 aromatic rings. The molecule has 35 nitrogen and oxygen atoms in total. The van der Waals surface area contributed by atoms with Crippen LogP contribution in [0.2, 0.25) is 0 Å². The molecule has 456 valence electrons. The Morgan fingerprint density at radius 3 is 1.15 bits per heavy atom. The van der Waals surface area contributed by atoms with E-state index >= 15 is 0 Å². The molecule has 4 amide bonds. The fraction of sp³-hybridized carbons (Fsp3) is 0.909. The molecule has 35 heteroatoms. The average Bonchev–Trinajstić information content (AvgIpc) is 3.40. The van der Waals surface area contributed by atoms with Gasteiger partial charge in [0.15, 0.2) is 37.7 Å².